The third kappa shape index (κ3) is 5.43. The smallest absolute Gasteiger partial charge is 0.261 e. The Bertz CT molecular complexity index is 832. The van der Waals surface area contributed by atoms with Gasteiger partial charge >= 0.3 is 0 Å². The molecule has 0 aliphatic carbocycles. The quantitative estimate of drug-likeness (QED) is 0.632. The highest BCUT2D eigenvalue weighted by Crippen LogP contribution is 2.32. The number of para-hydroxylation sites is 2. The molecule has 2 aromatic carbocycles. The summed E-state index contributed by atoms with van der Waals surface area (Å²) in [4.78, 5) is 12.9. The second kappa shape index (κ2) is 10.2. The molecule has 0 fully saturated rings. The molecule has 0 saturated heterocycles. The highest BCUT2D eigenvalue weighted by molar-refractivity contribution is 5.81. The van der Waals surface area contributed by atoms with Crippen LogP contribution in [0.2, 0.25) is 0 Å². The Hall–Kier alpha value is -2.69. The second-order valence-electron chi connectivity index (χ2n) is 7.50. The van der Waals surface area contributed by atoms with Crippen molar-refractivity contribution >= 4 is 5.91 Å². The van der Waals surface area contributed by atoms with E-state index in [1.165, 1.54) is 0 Å². The number of aryl methyl sites for hydroxylation is 1. The lowest BCUT2D eigenvalue weighted by Gasteiger charge is -2.24. The van der Waals surface area contributed by atoms with Crippen LogP contribution in [0.5, 0.6) is 17.2 Å². The van der Waals surface area contributed by atoms with Gasteiger partial charge in [-0.25, -0.2) is 0 Å². The normalized spacial score (nSPS) is 13.0. The van der Waals surface area contributed by atoms with Crippen LogP contribution in [0.4, 0.5) is 0 Å². The Morgan fingerprint density at radius 1 is 0.966 bits per heavy atom. The van der Waals surface area contributed by atoms with Crippen molar-refractivity contribution in [2.24, 2.45) is 0 Å². The fourth-order valence-corrected chi connectivity index (χ4v) is 3.39. The fourth-order valence-electron chi connectivity index (χ4n) is 3.39. The van der Waals surface area contributed by atoms with Crippen LogP contribution in [0.3, 0.4) is 0 Å². The van der Waals surface area contributed by atoms with Gasteiger partial charge in [-0.05, 0) is 67.1 Å². The van der Waals surface area contributed by atoms with Gasteiger partial charge in [-0.1, -0.05) is 32.9 Å². The number of hydrogen-bond acceptors (Lipinski definition) is 4. The number of ether oxygens (including phenoxy) is 3. The number of hydrogen-bond donors (Lipinski definition) is 1. The lowest BCUT2D eigenvalue weighted by atomic mass is 9.93. The summed E-state index contributed by atoms with van der Waals surface area (Å²) in [5.41, 5.74) is 3.29. The fraction of sp³-hybridized carbons (Fsp3) is 0.458. The molecule has 0 aliphatic rings. The Balaban J connectivity index is 2.19. The first kappa shape index (κ1) is 22.6. The first-order valence-corrected chi connectivity index (χ1v) is 10.1. The van der Waals surface area contributed by atoms with Crippen LogP contribution in [0, 0.1) is 6.92 Å². The van der Waals surface area contributed by atoms with E-state index in [1.807, 2.05) is 45.0 Å². The Labute approximate surface area is 174 Å². The summed E-state index contributed by atoms with van der Waals surface area (Å²) in [6, 6.07) is 11.4. The van der Waals surface area contributed by atoms with E-state index in [2.05, 4.69) is 25.2 Å². The van der Waals surface area contributed by atoms with E-state index in [1.54, 1.807) is 20.3 Å². The van der Waals surface area contributed by atoms with Crippen LogP contribution in [-0.2, 0) is 4.79 Å². The molecule has 5 heteroatoms. The van der Waals surface area contributed by atoms with Gasteiger partial charge in [0.1, 0.15) is 5.75 Å². The van der Waals surface area contributed by atoms with Crippen molar-refractivity contribution in [3.8, 4) is 17.2 Å². The minimum absolute atomic E-state index is 0.146. The Kier molecular flexibility index (Phi) is 7.94. The Morgan fingerprint density at radius 3 is 2.14 bits per heavy atom. The molecule has 2 aromatic rings. The number of nitrogens with one attached hydrogen (secondary N) is 1. The monoisotopic (exact) mass is 399 g/mol. The molecule has 29 heavy (non-hydrogen) atoms. The maximum Gasteiger partial charge on any atom is 0.261 e. The number of rotatable bonds is 9. The molecular formula is C24H33NO4. The number of carbonyl (C=O) groups is 1. The third-order valence-corrected chi connectivity index (χ3v) is 5.07. The van der Waals surface area contributed by atoms with Crippen LogP contribution in [-0.4, -0.2) is 26.2 Å². The lowest BCUT2D eigenvalue weighted by molar-refractivity contribution is -0.128. The van der Waals surface area contributed by atoms with Crippen molar-refractivity contribution in [1.82, 2.24) is 5.32 Å². The van der Waals surface area contributed by atoms with Crippen molar-refractivity contribution in [1.29, 1.82) is 0 Å². The maximum absolute atomic E-state index is 12.9. The van der Waals surface area contributed by atoms with Gasteiger partial charge in [-0.2, -0.15) is 0 Å². The molecular weight excluding hydrogens is 366 g/mol. The summed E-state index contributed by atoms with van der Waals surface area (Å²) in [7, 11) is 3.27. The van der Waals surface area contributed by atoms with Crippen LogP contribution in [0.15, 0.2) is 36.4 Å². The molecule has 2 atom stereocenters. The van der Waals surface area contributed by atoms with Crippen molar-refractivity contribution in [3.63, 3.8) is 0 Å². The van der Waals surface area contributed by atoms with E-state index in [9.17, 15) is 4.79 Å². The van der Waals surface area contributed by atoms with Crippen molar-refractivity contribution < 1.29 is 19.0 Å². The first-order valence-electron chi connectivity index (χ1n) is 10.1. The zero-order valence-electron chi connectivity index (χ0n) is 18.5. The van der Waals surface area contributed by atoms with E-state index in [0.717, 1.165) is 22.4 Å². The highest BCUT2D eigenvalue weighted by atomic mass is 16.5. The van der Waals surface area contributed by atoms with E-state index >= 15 is 0 Å². The Morgan fingerprint density at radius 2 is 1.59 bits per heavy atom. The lowest BCUT2D eigenvalue weighted by Crippen LogP contribution is -2.39. The van der Waals surface area contributed by atoms with Gasteiger partial charge in [-0.15, -0.1) is 0 Å². The summed E-state index contributed by atoms with van der Waals surface area (Å²) in [6.45, 7) is 10.2. The summed E-state index contributed by atoms with van der Waals surface area (Å²) >= 11 is 0. The molecule has 0 bridgehead atoms. The number of carbonyl (C=O) groups excluding carboxylic acids is 1. The van der Waals surface area contributed by atoms with Gasteiger partial charge in [0.15, 0.2) is 17.6 Å². The van der Waals surface area contributed by atoms with Gasteiger partial charge < -0.3 is 19.5 Å². The molecule has 0 spiro atoms. The number of methoxy groups -OCH3 is 2. The van der Waals surface area contributed by atoms with E-state index in [0.29, 0.717) is 23.8 Å². The molecule has 158 valence electrons. The van der Waals surface area contributed by atoms with Crippen LogP contribution in [0.1, 0.15) is 62.8 Å². The average molecular weight is 400 g/mol. The predicted molar refractivity (Wildman–Crippen MR) is 116 cm³/mol. The molecule has 0 heterocycles. The molecule has 0 aliphatic heterocycles. The minimum atomic E-state index is -0.600. The van der Waals surface area contributed by atoms with Gasteiger partial charge in [-0.3, -0.25) is 4.79 Å². The summed E-state index contributed by atoms with van der Waals surface area (Å²) in [5, 5.41) is 3.10. The predicted octanol–water partition coefficient (Wildman–Crippen LogP) is 5.17. The first-order chi connectivity index (χ1) is 13.8. The van der Waals surface area contributed by atoms with Crippen molar-refractivity contribution in [2.75, 3.05) is 14.2 Å². The number of amides is 1. The zero-order valence-corrected chi connectivity index (χ0v) is 18.5. The third-order valence-electron chi connectivity index (χ3n) is 5.07. The molecule has 0 unspecified atom stereocenters. The van der Waals surface area contributed by atoms with E-state index in [4.69, 9.17) is 14.2 Å². The number of benzene rings is 2. The van der Waals surface area contributed by atoms with Gasteiger partial charge in [0.25, 0.3) is 5.91 Å². The molecule has 0 radical (unpaired) electrons. The summed E-state index contributed by atoms with van der Waals surface area (Å²) in [5.74, 6) is 2.23. The van der Waals surface area contributed by atoms with Gasteiger partial charge in [0, 0.05) is 0 Å². The van der Waals surface area contributed by atoms with Crippen LogP contribution >= 0.6 is 0 Å². The van der Waals surface area contributed by atoms with E-state index < -0.39 is 6.10 Å². The molecule has 2 rings (SSSR count). The topological polar surface area (TPSA) is 56.8 Å². The standard InChI is InChI=1S/C24H33NO4/c1-8-20(29-22-12-10-9-11-21(22)27-6)24(26)25-17(5)19-14-18(15(2)3)23(28-7)13-16(19)4/h9-15,17,20H,8H2,1-7H3,(H,25,26)/t17-,20-/m1/s1. The largest absolute Gasteiger partial charge is 0.496 e. The second-order valence-corrected chi connectivity index (χ2v) is 7.50. The molecule has 0 aromatic heterocycles. The van der Waals surface area contributed by atoms with Gasteiger partial charge in [0.2, 0.25) is 0 Å². The average Bonchev–Trinajstić information content (AvgIpc) is 2.71. The molecule has 5 nitrogen and oxygen atoms in total. The SMILES string of the molecule is CC[C@@H](Oc1ccccc1OC)C(=O)N[C@H](C)c1cc(C(C)C)c(OC)cc1C. The van der Waals surface area contributed by atoms with E-state index in [-0.39, 0.29) is 11.9 Å². The minimum Gasteiger partial charge on any atom is -0.496 e. The van der Waals surface area contributed by atoms with Crippen LogP contribution in [0.25, 0.3) is 0 Å². The molecule has 1 amide bonds. The van der Waals surface area contributed by atoms with Crippen molar-refractivity contribution in [3.05, 3.63) is 53.1 Å². The zero-order chi connectivity index (χ0) is 21.6. The molecule has 1 N–H and O–H groups in total. The summed E-state index contributed by atoms with van der Waals surface area (Å²) in [6.07, 6.45) is -0.0491. The summed E-state index contributed by atoms with van der Waals surface area (Å²) < 4.78 is 16.8. The molecule has 0 saturated carbocycles. The van der Waals surface area contributed by atoms with Crippen molar-refractivity contribution in [2.45, 2.75) is 59.1 Å². The van der Waals surface area contributed by atoms with Gasteiger partial charge in [0.05, 0.1) is 20.3 Å². The highest BCUT2D eigenvalue weighted by Gasteiger charge is 2.23. The van der Waals surface area contributed by atoms with Crippen LogP contribution < -0.4 is 19.5 Å². The maximum atomic E-state index is 12.9.